The molecule has 1 N–H and O–H groups in total. The average Bonchev–Trinajstić information content (AvgIpc) is 2.85. The highest BCUT2D eigenvalue weighted by atomic mass is 15.1. The minimum atomic E-state index is 0.986. The Bertz CT molecular complexity index is 376. The second kappa shape index (κ2) is 6.74. The first-order valence-corrected chi connectivity index (χ1v) is 7.28. The van der Waals surface area contributed by atoms with E-state index >= 15 is 0 Å². The lowest BCUT2D eigenvalue weighted by Crippen LogP contribution is -2.29. The highest BCUT2D eigenvalue weighted by molar-refractivity contribution is 5.40. The van der Waals surface area contributed by atoms with Crippen LogP contribution in [0.3, 0.4) is 0 Å². The van der Waals surface area contributed by atoms with E-state index < -0.39 is 0 Å². The Morgan fingerprint density at radius 3 is 2.89 bits per heavy atom. The van der Waals surface area contributed by atoms with Crippen molar-refractivity contribution in [1.82, 2.24) is 9.88 Å². The molecule has 0 saturated carbocycles. The Labute approximate surface area is 111 Å². The van der Waals surface area contributed by atoms with Crippen LogP contribution in [0.1, 0.15) is 37.9 Å². The molecule has 0 atom stereocenters. The molecule has 0 aromatic carbocycles. The second-order valence-corrected chi connectivity index (χ2v) is 5.02. The van der Waals surface area contributed by atoms with E-state index in [9.17, 15) is 0 Å². The van der Waals surface area contributed by atoms with Crippen molar-refractivity contribution in [2.45, 2.75) is 39.5 Å². The number of anilines is 1. The van der Waals surface area contributed by atoms with Gasteiger partial charge in [-0.15, -0.1) is 0 Å². The molecule has 1 aliphatic carbocycles. The molecule has 3 heteroatoms. The van der Waals surface area contributed by atoms with Crippen LogP contribution in [-0.4, -0.2) is 36.1 Å². The van der Waals surface area contributed by atoms with E-state index in [1.54, 1.807) is 0 Å². The largest absolute Gasteiger partial charge is 0.369 e. The summed E-state index contributed by atoms with van der Waals surface area (Å²) < 4.78 is 0. The molecule has 3 nitrogen and oxygen atoms in total. The van der Waals surface area contributed by atoms with Crippen molar-refractivity contribution in [1.29, 1.82) is 0 Å². The maximum atomic E-state index is 4.69. The first kappa shape index (κ1) is 13.3. The van der Waals surface area contributed by atoms with Crippen LogP contribution >= 0.6 is 0 Å². The van der Waals surface area contributed by atoms with Gasteiger partial charge in [0.25, 0.3) is 0 Å². The van der Waals surface area contributed by atoms with Crippen molar-refractivity contribution < 1.29 is 0 Å². The predicted octanol–water partition coefficient (Wildman–Crippen LogP) is 2.71. The molecule has 100 valence electrons. The van der Waals surface area contributed by atoms with Gasteiger partial charge >= 0.3 is 0 Å². The number of nitrogens with zero attached hydrogens (tertiary/aromatic N) is 2. The molecule has 2 rings (SSSR count). The van der Waals surface area contributed by atoms with Gasteiger partial charge in [0.2, 0.25) is 0 Å². The van der Waals surface area contributed by atoms with E-state index in [4.69, 9.17) is 4.98 Å². The van der Waals surface area contributed by atoms with E-state index in [1.807, 2.05) is 0 Å². The topological polar surface area (TPSA) is 28.2 Å². The molecule has 0 unspecified atom stereocenters. The van der Waals surface area contributed by atoms with Gasteiger partial charge in [-0.05, 0) is 50.4 Å². The molecular weight excluding hydrogens is 222 g/mol. The Kier molecular flexibility index (Phi) is 5.00. The second-order valence-electron chi connectivity index (χ2n) is 5.02. The number of likely N-dealkylation sites (N-methyl/N-ethyl adjacent to an activating group) is 1. The van der Waals surface area contributed by atoms with Crippen molar-refractivity contribution in [3.8, 4) is 0 Å². The molecule has 0 aliphatic heterocycles. The summed E-state index contributed by atoms with van der Waals surface area (Å²) in [4.78, 5) is 7.16. The highest BCUT2D eigenvalue weighted by Gasteiger charge is 2.12. The van der Waals surface area contributed by atoms with Crippen LogP contribution in [0.15, 0.2) is 12.1 Å². The number of hydrogen-bond donors (Lipinski definition) is 1. The van der Waals surface area contributed by atoms with Crippen LogP contribution in [0.2, 0.25) is 0 Å². The fourth-order valence-electron chi connectivity index (χ4n) is 2.61. The van der Waals surface area contributed by atoms with E-state index in [0.717, 1.165) is 31.9 Å². The molecule has 1 aromatic rings. The Morgan fingerprint density at radius 2 is 2.11 bits per heavy atom. The molecule has 0 bridgehead atoms. The lowest BCUT2D eigenvalue weighted by atomic mass is 10.2. The van der Waals surface area contributed by atoms with Crippen LogP contribution in [0.5, 0.6) is 0 Å². The molecule has 1 aromatic heterocycles. The van der Waals surface area contributed by atoms with Gasteiger partial charge in [-0.2, -0.15) is 0 Å². The lowest BCUT2D eigenvalue weighted by molar-refractivity contribution is 0.300. The summed E-state index contributed by atoms with van der Waals surface area (Å²) in [5, 5.41) is 3.44. The molecule has 1 heterocycles. The maximum absolute atomic E-state index is 4.69. The number of hydrogen-bond acceptors (Lipinski definition) is 3. The summed E-state index contributed by atoms with van der Waals surface area (Å²) >= 11 is 0. The number of fused-ring (bicyclic) bond motifs is 1. The van der Waals surface area contributed by atoms with Crippen molar-refractivity contribution >= 4 is 5.82 Å². The van der Waals surface area contributed by atoms with Crippen molar-refractivity contribution in [3.63, 3.8) is 0 Å². The Balaban J connectivity index is 1.79. The molecule has 0 saturated heterocycles. The van der Waals surface area contributed by atoms with Gasteiger partial charge in [0.15, 0.2) is 0 Å². The van der Waals surface area contributed by atoms with Gasteiger partial charge < -0.3 is 10.2 Å². The normalized spacial score (nSPS) is 13.9. The van der Waals surface area contributed by atoms with Crippen LogP contribution in [0.4, 0.5) is 5.82 Å². The zero-order valence-electron chi connectivity index (χ0n) is 11.7. The van der Waals surface area contributed by atoms with Crippen LogP contribution in [0.25, 0.3) is 0 Å². The first-order valence-electron chi connectivity index (χ1n) is 7.28. The first-order chi connectivity index (χ1) is 8.83. The average molecular weight is 247 g/mol. The van der Waals surface area contributed by atoms with E-state index in [0.29, 0.717) is 0 Å². The van der Waals surface area contributed by atoms with Gasteiger partial charge in [0.1, 0.15) is 5.82 Å². The lowest BCUT2D eigenvalue weighted by Gasteiger charge is -2.19. The number of aromatic nitrogens is 1. The minimum absolute atomic E-state index is 0.986. The molecule has 1 aliphatic rings. The van der Waals surface area contributed by atoms with E-state index in [-0.39, 0.29) is 0 Å². The predicted molar refractivity (Wildman–Crippen MR) is 77.2 cm³/mol. The van der Waals surface area contributed by atoms with Gasteiger partial charge in [-0.1, -0.05) is 19.9 Å². The number of aryl methyl sites for hydroxylation is 2. The zero-order chi connectivity index (χ0) is 12.8. The molecular formula is C15H25N3. The fraction of sp³-hybridized carbons (Fsp3) is 0.667. The number of nitrogens with one attached hydrogen (secondary N) is 1. The van der Waals surface area contributed by atoms with E-state index in [1.165, 1.54) is 37.1 Å². The van der Waals surface area contributed by atoms with Gasteiger partial charge in [-0.25, -0.2) is 4.98 Å². The summed E-state index contributed by atoms with van der Waals surface area (Å²) in [5.41, 5.74) is 2.75. The molecule has 0 amide bonds. The van der Waals surface area contributed by atoms with E-state index in [2.05, 4.69) is 36.2 Å². The monoisotopic (exact) mass is 247 g/mol. The standard InChI is InChI=1S/C15H25N3/c1-3-11-18(4-2)12-10-16-15-9-8-13-6-5-7-14(13)17-15/h8-9H,3-7,10-12H2,1-2H3,(H,16,17). The van der Waals surface area contributed by atoms with Gasteiger partial charge in [0.05, 0.1) is 0 Å². The third-order valence-electron chi connectivity index (χ3n) is 3.65. The van der Waals surface area contributed by atoms with Gasteiger partial charge in [-0.3, -0.25) is 0 Å². The van der Waals surface area contributed by atoms with Crippen LogP contribution in [-0.2, 0) is 12.8 Å². The van der Waals surface area contributed by atoms with Crippen molar-refractivity contribution in [2.75, 3.05) is 31.5 Å². The molecule has 0 fully saturated rings. The summed E-state index contributed by atoms with van der Waals surface area (Å²) in [6.07, 6.45) is 4.86. The fourth-order valence-corrected chi connectivity index (χ4v) is 2.61. The number of rotatable bonds is 7. The minimum Gasteiger partial charge on any atom is -0.369 e. The molecule has 0 radical (unpaired) electrons. The Morgan fingerprint density at radius 1 is 1.22 bits per heavy atom. The highest BCUT2D eigenvalue weighted by Crippen LogP contribution is 2.21. The smallest absolute Gasteiger partial charge is 0.126 e. The van der Waals surface area contributed by atoms with Crippen molar-refractivity contribution in [3.05, 3.63) is 23.4 Å². The molecule has 0 spiro atoms. The Hall–Kier alpha value is -1.09. The van der Waals surface area contributed by atoms with Crippen molar-refractivity contribution in [2.24, 2.45) is 0 Å². The van der Waals surface area contributed by atoms with Gasteiger partial charge in [0, 0.05) is 18.8 Å². The third kappa shape index (κ3) is 3.45. The zero-order valence-corrected chi connectivity index (χ0v) is 11.7. The summed E-state index contributed by atoms with van der Waals surface area (Å²) in [6, 6.07) is 4.36. The SMILES string of the molecule is CCCN(CC)CCNc1ccc2c(n1)CCC2. The molecule has 18 heavy (non-hydrogen) atoms. The third-order valence-corrected chi connectivity index (χ3v) is 3.65. The maximum Gasteiger partial charge on any atom is 0.126 e. The summed E-state index contributed by atoms with van der Waals surface area (Å²) in [5.74, 6) is 1.04. The number of pyridine rings is 1. The summed E-state index contributed by atoms with van der Waals surface area (Å²) in [7, 11) is 0. The van der Waals surface area contributed by atoms with Crippen LogP contribution < -0.4 is 5.32 Å². The quantitative estimate of drug-likeness (QED) is 0.803. The summed E-state index contributed by atoms with van der Waals surface area (Å²) in [6.45, 7) is 8.87. The van der Waals surface area contributed by atoms with Crippen LogP contribution in [0, 0.1) is 0 Å².